The maximum atomic E-state index is 9.61. The Morgan fingerprint density at radius 3 is 2.64 bits per heavy atom. The van der Waals surface area contributed by atoms with Crippen molar-refractivity contribution < 1.29 is 5.11 Å². The van der Waals surface area contributed by atoms with Gasteiger partial charge >= 0.3 is 0 Å². The summed E-state index contributed by atoms with van der Waals surface area (Å²) in [5.41, 5.74) is 0.839. The van der Waals surface area contributed by atoms with Crippen molar-refractivity contribution in [3.63, 3.8) is 0 Å². The van der Waals surface area contributed by atoms with Crippen molar-refractivity contribution in [2.45, 2.75) is 6.10 Å². The molecule has 1 unspecified atom stereocenters. The van der Waals surface area contributed by atoms with Crippen LogP contribution >= 0.6 is 0 Å². The van der Waals surface area contributed by atoms with E-state index in [1.165, 1.54) is 0 Å². The Morgan fingerprint density at radius 2 is 2.00 bits per heavy atom. The number of aliphatic hydroxyl groups excluding tert-OH is 1. The molecular weight excluding hydrogens is 172 g/mol. The fourth-order valence-electron chi connectivity index (χ4n) is 0.984. The number of terminal acetylenes is 1. The molecule has 1 aromatic carbocycles. The third-order valence-corrected chi connectivity index (χ3v) is 1.65. The van der Waals surface area contributed by atoms with E-state index in [1.807, 2.05) is 30.3 Å². The molecule has 1 rings (SSSR count). The Hall–Kier alpha value is -1.96. The van der Waals surface area contributed by atoms with E-state index in [0.29, 0.717) is 0 Å². The van der Waals surface area contributed by atoms with Crippen LogP contribution < -0.4 is 0 Å². The van der Waals surface area contributed by atoms with E-state index in [0.717, 1.165) is 5.56 Å². The Balaban J connectivity index is 2.64. The van der Waals surface area contributed by atoms with Crippen LogP contribution in [-0.2, 0) is 0 Å². The van der Waals surface area contributed by atoms with Gasteiger partial charge in [-0.3, -0.25) is 0 Å². The molecule has 0 aliphatic rings. The van der Waals surface area contributed by atoms with Crippen LogP contribution in [0.2, 0.25) is 0 Å². The molecule has 1 heteroatoms. The van der Waals surface area contributed by atoms with Gasteiger partial charge in [-0.05, 0) is 29.6 Å². The average Bonchev–Trinajstić information content (AvgIpc) is 2.25. The molecule has 0 bridgehead atoms. The van der Waals surface area contributed by atoms with Crippen LogP contribution in [0.3, 0.4) is 0 Å². The first kappa shape index (κ1) is 10.1. The van der Waals surface area contributed by atoms with Gasteiger partial charge in [-0.15, -0.1) is 6.42 Å². The van der Waals surface area contributed by atoms with Crippen molar-refractivity contribution in [3.8, 4) is 24.2 Å². The van der Waals surface area contributed by atoms with Gasteiger partial charge in [0.2, 0.25) is 0 Å². The number of allylic oxidation sites excluding steroid dienone is 1. The van der Waals surface area contributed by atoms with Crippen LogP contribution in [0.4, 0.5) is 0 Å². The molecule has 14 heavy (non-hydrogen) atoms. The van der Waals surface area contributed by atoms with Crippen molar-refractivity contribution in [1.29, 1.82) is 0 Å². The van der Waals surface area contributed by atoms with E-state index in [-0.39, 0.29) is 0 Å². The van der Waals surface area contributed by atoms with E-state index < -0.39 is 6.10 Å². The van der Waals surface area contributed by atoms with Crippen molar-refractivity contribution in [2.24, 2.45) is 0 Å². The molecule has 0 fully saturated rings. The lowest BCUT2D eigenvalue weighted by Crippen LogP contribution is -1.91. The maximum Gasteiger partial charge on any atom is 0.0980 e. The number of rotatable bonds is 2. The summed E-state index contributed by atoms with van der Waals surface area (Å²) in [6.45, 7) is 0. The summed E-state index contributed by atoms with van der Waals surface area (Å²) in [5, 5.41) is 9.61. The average molecular weight is 182 g/mol. The Labute approximate surface area is 84.1 Å². The Bertz CT molecular complexity index is 398. The highest BCUT2D eigenvalue weighted by atomic mass is 16.3. The van der Waals surface area contributed by atoms with E-state index in [9.17, 15) is 5.11 Å². The molecule has 0 saturated carbocycles. The van der Waals surface area contributed by atoms with Crippen LogP contribution in [0.5, 0.6) is 0 Å². The lowest BCUT2D eigenvalue weighted by atomic mass is 10.1. The summed E-state index contributed by atoms with van der Waals surface area (Å²) in [4.78, 5) is 0. The summed E-state index contributed by atoms with van der Waals surface area (Å²) < 4.78 is 0. The quantitative estimate of drug-likeness (QED) is 0.693. The number of hydrogen-bond donors (Lipinski definition) is 1. The molecule has 0 heterocycles. The van der Waals surface area contributed by atoms with E-state index in [4.69, 9.17) is 6.42 Å². The summed E-state index contributed by atoms with van der Waals surface area (Å²) in [7, 11) is 0. The molecule has 0 spiro atoms. The third-order valence-electron chi connectivity index (χ3n) is 1.65. The number of aliphatic hydroxyl groups is 1. The molecular formula is C13H10O. The highest BCUT2D eigenvalue weighted by Gasteiger charge is 1.99. The molecule has 0 saturated heterocycles. The van der Waals surface area contributed by atoms with Crippen molar-refractivity contribution in [2.75, 3.05) is 0 Å². The molecule has 1 N–H and O–H groups in total. The largest absolute Gasteiger partial charge is 0.384 e. The van der Waals surface area contributed by atoms with Gasteiger partial charge in [0.15, 0.2) is 0 Å². The maximum absolute atomic E-state index is 9.61. The first-order chi connectivity index (χ1) is 6.84. The van der Waals surface area contributed by atoms with Gasteiger partial charge in [-0.2, -0.15) is 0 Å². The highest BCUT2D eigenvalue weighted by molar-refractivity contribution is 5.30. The second kappa shape index (κ2) is 5.65. The van der Waals surface area contributed by atoms with Crippen LogP contribution in [0.15, 0.2) is 42.5 Å². The smallest absolute Gasteiger partial charge is 0.0980 e. The van der Waals surface area contributed by atoms with Gasteiger partial charge in [0.05, 0.1) is 6.10 Å². The Morgan fingerprint density at radius 1 is 1.29 bits per heavy atom. The topological polar surface area (TPSA) is 20.2 Å². The first-order valence-electron chi connectivity index (χ1n) is 4.20. The van der Waals surface area contributed by atoms with Crippen molar-refractivity contribution in [3.05, 3.63) is 48.0 Å². The first-order valence-corrected chi connectivity index (χ1v) is 4.20. The Kier molecular flexibility index (Phi) is 4.08. The molecule has 0 aliphatic heterocycles. The summed E-state index contributed by atoms with van der Waals surface area (Å²) in [6.07, 6.45) is 7.46. The van der Waals surface area contributed by atoms with E-state index in [1.54, 1.807) is 12.2 Å². The van der Waals surface area contributed by atoms with Crippen molar-refractivity contribution >= 4 is 0 Å². The molecule has 0 radical (unpaired) electrons. The van der Waals surface area contributed by atoms with Crippen molar-refractivity contribution in [1.82, 2.24) is 0 Å². The van der Waals surface area contributed by atoms with Gasteiger partial charge in [0.1, 0.15) is 0 Å². The fraction of sp³-hybridized carbons (Fsp3) is 0.0769. The van der Waals surface area contributed by atoms with Gasteiger partial charge in [0, 0.05) is 0 Å². The SMILES string of the molecule is C#CC#CC=CC(O)c1ccccc1. The number of hydrogen-bond acceptors (Lipinski definition) is 1. The van der Waals surface area contributed by atoms with Gasteiger partial charge < -0.3 is 5.11 Å². The zero-order chi connectivity index (χ0) is 10.2. The molecule has 1 aromatic rings. The normalized spacial score (nSPS) is 11.4. The summed E-state index contributed by atoms with van der Waals surface area (Å²) in [6, 6.07) is 9.35. The lowest BCUT2D eigenvalue weighted by Gasteiger charge is -2.03. The zero-order valence-electron chi connectivity index (χ0n) is 7.64. The van der Waals surface area contributed by atoms with Gasteiger partial charge in [0.25, 0.3) is 0 Å². The zero-order valence-corrected chi connectivity index (χ0v) is 7.64. The predicted molar refractivity (Wildman–Crippen MR) is 57.2 cm³/mol. The molecule has 0 aromatic heterocycles. The third kappa shape index (κ3) is 3.19. The van der Waals surface area contributed by atoms with Crippen LogP contribution in [-0.4, -0.2) is 5.11 Å². The standard InChI is InChI=1S/C13H10O/c1-2-3-4-8-11-13(14)12-9-6-5-7-10-12/h1,5-11,13-14H. The monoisotopic (exact) mass is 182 g/mol. The minimum absolute atomic E-state index is 0.622. The fourth-order valence-corrected chi connectivity index (χ4v) is 0.984. The molecule has 1 nitrogen and oxygen atoms in total. The summed E-state index contributed by atoms with van der Waals surface area (Å²) >= 11 is 0. The van der Waals surface area contributed by atoms with Gasteiger partial charge in [-0.25, -0.2) is 0 Å². The number of benzene rings is 1. The van der Waals surface area contributed by atoms with E-state index in [2.05, 4.69) is 17.8 Å². The van der Waals surface area contributed by atoms with E-state index >= 15 is 0 Å². The molecule has 0 amide bonds. The highest BCUT2D eigenvalue weighted by Crippen LogP contribution is 2.12. The summed E-state index contributed by atoms with van der Waals surface area (Å²) in [5.74, 6) is 7.23. The molecule has 68 valence electrons. The second-order valence-electron chi connectivity index (χ2n) is 2.63. The predicted octanol–water partition coefficient (Wildman–Crippen LogP) is 1.91. The molecule has 1 atom stereocenters. The van der Waals surface area contributed by atoms with Crippen LogP contribution in [0, 0.1) is 24.2 Å². The van der Waals surface area contributed by atoms with Crippen LogP contribution in [0.25, 0.3) is 0 Å². The minimum Gasteiger partial charge on any atom is -0.384 e. The van der Waals surface area contributed by atoms with Gasteiger partial charge in [-0.1, -0.05) is 36.3 Å². The second-order valence-corrected chi connectivity index (χ2v) is 2.63. The van der Waals surface area contributed by atoms with Crippen LogP contribution in [0.1, 0.15) is 11.7 Å². The lowest BCUT2D eigenvalue weighted by molar-refractivity contribution is 0.229. The minimum atomic E-state index is -0.622. The molecule has 0 aliphatic carbocycles.